The van der Waals surface area contributed by atoms with Crippen molar-refractivity contribution in [1.82, 2.24) is 0 Å². The number of rotatable bonds is 4. The van der Waals surface area contributed by atoms with Gasteiger partial charge in [0, 0.05) is 17.9 Å². The Morgan fingerprint density at radius 3 is 2.75 bits per heavy atom. The second-order valence-corrected chi connectivity index (χ2v) is 8.18. The van der Waals surface area contributed by atoms with Crippen LogP contribution in [0.5, 0.6) is 0 Å². The van der Waals surface area contributed by atoms with Crippen LogP contribution in [-0.4, -0.2) is 21.4 Å². The molecule has 0 aromatic carbocycles. The van der Waals surface area contributed by atoms with Crippen molar-refractivity contribution in [3.8, 4) is 0 Å². The molecule has 0 aromatic rings. The van der Waals surface area contributed by atoms with E-state index >= 15 is 0 Å². The predicted octanol–water partition coefficient (Wildman–Crippen LogP) is 4.03. The number of carbonyl (C=O) groups is 1. The summed E-state index contributed by atoms with van der Waals surface area (Å²) in [6.07, 6.45) is 8.57. The van der Waals surface area contributed by atoms with Crippen LogP contribution in [0, 0.1) is 0 Å². The van der Waals surface area contributed by atoms with Gasteiger partial charge in [-0.3, -0.25) is 4.79 Å². The molecule has 3 heteroatoms. The van der Waals surface area contributed by atoms with Crippen molar-refractivity contribution in [2.45, 2.75) is 49.5 Å². The summed E-state index contributed by atoms with van der Waals surface area (Å²) in [4.78, 5) is 12.0. The molecule has 0 radical (unpaired) electrons. The lowest BCUT2D eigenvalue weighted by molar-refractivity contribution is -0.115. The zero-order valence-electron chi connectivity index (χ0n) is 9.96. The van der Waals surface area contributed by atoms with E-state index in [9.17, 15) is 4.79 Å². The number of Topliss-reactive ketones (excluding diaryl/α,β-unsaturated/α-hetero) is 1. The molecular weight excluding hydrogens is 236 g/mol. The van der Waals surface area contributed by atoms with Crippen LogP contribution in [0.2, 0.25) is 0 Å². The summed E-state index contributed by atoms with van der Waals surface area (Å²) < 4.78 is 0.310. The van der Waals surface area contributed by atoms with Gasteiger partial charge in [-0.1, -0.05) is 6.08 Å². The maximum atomic E-state index is 12.0. The van der Waals surface area contributed by atoms with Crippen LogP contribution < -0.4 is 0 Å². The zero-order chi connectivity index (χ0) is 11.4. The van der Waals surface area contributed by atoms with Crippen molar-refractivity contribution in [1.29, 1.82) is 0 Å². The van der Waals surface area contributed by atoms with E-state index in [2.05, 4.69) is 13.0 Å². The number of thioether (sulfide) groups is 2. The molecule has 2 aliphatic rings. The molecule has 0 N–H and O–H groups in total. The second kappa shape index (κ2) is 5.63. The Bertz CT molecular complexity index is 290. The fourth-order valence-electron chi connectivity index (χ4n) is 2.29. The molecule has 2 rings (SSSR count). The van der Waals surface area contributed by atoms with E-state index in [1.165, 1.54) is 24.3 Å². The molecule has 0 bridgehead atoms. The van der Waals surface area contributed by atoms with Gasteiger partial charge in [0.05, 0.1) is 4.08 Å². The highest BCUT2D eigenvalue weighted by Gasteiger charge is 2.30. The van der Waals surface area contributed by atoms with Crippen LogP contribution in [0.3, 0.4) is 0 Å². The first kappa shape index (κ1) is 12.6. The van der Waals surface area contributed by atoms with E-state index < -0.39 is 0 Å². The maximum absolute atomic E-state index is 12.0. The Morgan fingerprint density at radius 2 is 2.12 bits per heavy atom. The lowest BCUT2D eigenvalue weighted by atomic mass is 9.94. The molecule has 1 saturated heterocycles. The van der Waals surface area contributed by atoms with Crippen LogP contribution in [0.25, 0.3) is 0 Å². The molecule has 1 heterocycles. The number of hydrogen-bond acceptors (Lipinski definition) is 3. The fourth-order valence-corrected chi connectivity index (χ4v) is 5.15. The predicted molar refractivity (Wildman–Crippen MR) is 74.1 cm³/mol. The molecule has 90 valence electrons. The molecule has 0 atom stereocenters. The fraction of sp³-hybridized carbons (Fsp3) is 0.769. The molecule has 1 aliphatic heterocycles. The average Bonchev–Trinajstić information content (AvgIpc) is 2.75. The van der Waals surface area contributed by atoms with E-state index in [-0.39, 0.29) is 0 Å². The lowest BCUT2D eigenvalue weighted by Crippen LogP contribution is -2.15. The molecule has 1 aliphatic carbocycles. The molecule has 0 aromatic heterocycles. The molecule has 0 unspecified atom stereocenters. The van der Waals surface area contributed by atoms with E-state index in [1.807, 2.05) is 23.5 Å². The lowest BCUT2D eigenvalue weighted by Gasteiger charge is -2.21. The Kier molecular flexibility index (Phi) is 4.42. The minimum Gasteiger partial charge on any atom is -0.295 e. The summed E-state index contributed by atoms with van der Waals surface area (Å²) in [6, 6.07) is 0. The Balaban J connectivity index is 1.81. The molecule has 1 fully saturated rings. The minimum absolute atomic E-state index is 0.310. The molecular formula is C13H20OS2. The molecule has 0 amide bonds. The van der Waals surface area contributed by atoms with Crippen LogP contribution >= 0.6 is 23.5 Å². The quantitative estimate of drug-likeness (QED) is 0.756. The van der Waals surface area contributed by atoms with Gasteiger partial charge < -0.3 is 0 Å². The number of carbonyl (C=O) groups excluding carboxylic acids is 1. The highest BCUT2D eigenvalue weighted by molar-refractivity contribution is 8.21. The Labute approximate surface area is 107 Å². The normalized spacial score (nSPS) is 24.2. The van der Waals surface area contributed by atoms with E-state index in [4.69, 9.17) is 0 Å². The molecule has 0 spiro atoms. The van der Waals surface area contributed by atoms with Gasteiger partial charge in [0.25, 0.3) is 0 Å². The summed E-state index contributed by atoms with van der Waals surface area (Å²) in [6.45, 7) is 2.29. The van der Waals surface area contributed by atoms with Crippen molar-refractivity contribution >= 4 is 29.3 Å². The number of hydrogen-bond donors (Lipinski definition) is 0. The molecule has 0 saturated carbocycles. The summed E-state index contributed by atoms with van der Waals surface area (Å²) in [7, 11) is 0. The first-order chi connectivity index (χ1) is 7.70. The number of ketones is 1. The van der Waals surface area contributed by atoms with E-state index in [0.717, 1.165) is 31.3 Å². The summed E-state index contributed by atoms with van der Waals surface area (Å²) in [5.41, 5.74) is 1.11. The SMILES string of the molecule is CC1(CCC(=O)C2=CCCCC2)SCCS1. The monoisotopic (exact) mass is 256 g/mol. The first-order valence-corrected chi connectivity index (χ1v) is 8.17. The van der Waals surface area contributed by atoms with E-state index in [0.29, 0.717) is 9.86 Å². The van der Waals surface area contributed by atoms with E-state index in [1.54, 1.807) is 0 Å². The van der Waals surface area contributed by atoms with Crippen molar-refractivity contribution < 1.29 is 4.79 Å². The topological polar surface area (TPSA) is 17.1 Å². The first-order valence-electron chi connectivity index (χ1n) is 6.20. The highest BCUT2D eigenvalue weighted by Crippen LogP contribution is 2.46. The van der Waals surface area contributed by atoms with Crippen molar-refractivity contribution in [3.05, 3.63) is 11.6 Å². The third-order valence-electron chi connectivity index (χ3n) is 3.35. The average molecular weight is 256 g/mol. The summed E-state index contributed by atoms with van der Waals surface area (Å²) >= 11 is 4.05. The van der Waals surface area contributed by atoms with Gasteiger partial charge in [0.2, 0.25) is 0 Å². The van der Waals surface area contributed by atoms with Gasteiger partial charge in [-0.25, -0.2) is 0 Å². The zero-order valence-corrected chi connectivity index (χ0v) is 11.6. The van der Waals surface area contributed by atoms with Gasteiger partial charge in [-0.2, -0.15) is 0 Å². The number of allylic oxidation sites excluding steroid dienone is 2. The largest absolute Gasteiger partial charge is 0.295 e. The standard InChI is InChI=1S/C13H20OS2/c1-13(15-9-10-16-13)8-7-12(14)11-5-3-2-4-6-11/h5H,2-4,6-10H2,1H3. The minimum atomic E-state index is 0.310. The van der Waals surface area contributed by atoms with Gasteiger partial charge >= 0.3 is 0 Å². The van der Waals surface area contributed by atoms with Gasteiger partial charge in [-0.05, 0) is 44.6 Å². The van der Waals surface area contributed by atoms with Crippen molar-refractivity contribution in [3.63, 3.8) is 0 Å². The second-order valence-electron chi connectivity index (χ2n) is 4.73. The van der Waals surface area contributed by atoms with Crippen molar-refractivity contribution in [2.75, 3.05) is 11.5 Å². The Hall–Kier alpha value is 0.110. The maximum Gasteiger partial charge on any atom is 0.158 e. The summed E-state index contributed by atoms with van der Waals surface area (Å²) in [5, 5.41) is 0. The third-order valence-corrected chi connectivity index (χ3v) is 6.76. The van der Waals surface area contributed by atoms with Crippen molar-refractivity contribution in [2.24, 2.45) is 0 Å². The third kappa shape index (κ3) is 3.30. The van der Waals surface area contributed by atoms with Crippen LogP contribution in [0.15, 0.2) is 11.6 Å². The molecule has 16 heavy (non-hydrogen) atoms. The Morgan fingerprint density at radius 1 is 1.38 bits per heavy atom. The van der Waals surface area contributed by atoms with Crippen LogP contribution in [-0.2, 0) is 4.79 Å². The van der Waals surface area contributed by atoms with Gasteiger partial charge in [0.1, 0.15) is 0 Å². The van der Waals surface area contributed by atoms with Gasteiger partial charge in [-0.15, -0.1) is 23.5 Å². The highest BCUT2D eigenvalue weighted by atomic mass is 32.2. The van der Waals surface area contributed by atoms with Crippen LogP contribution in [0.4, 0.5) is 0 Å². The summed E-state index contributed by atoms with van der Waals surface area (Å²) in [5.74, 6) is 2.91. The van der Waals surface area contributed by atoms with Crippen LogP contribution in [0.1, 0.15) is 45.4 Å². The smallest absolute Gasteiger partial charge is 0.158 e. The molecule has 1 nitrogen and oxygen atoms in total. The van der Waals surface area contributed by atoms with Gasteiger partial charge in [0.15, 0.2) is 5.78 Å².